The lowest BCUT2D eigenvalue weighted by molar-refractivity contribution is -0.180. The van der Waals surface area contributed by atoms with Gasteiger partial charge >= 0.3 is 11.9 Å². The van der Waals surface area contributed by atoms with Gasteiger partial charge in [0.05, 0.1) is 18.6 Å². The highest BCUT2D eigenvalue weighted by Crippen LogP contribution is 2.15. The van der Waals surface area contributed by atoms with E-state index in [2.05, 4.69) is 5.43 Å². The number of carbonyl (C=O) groups is 2. The van der Waals surface area contributed by atoms with Crippen molar-refractivity contribution < 1.29 is 23.8 Å². The minimum Gasteiger partial charge on any atom is -0.427 e. The van der Waals surface area contributed by atoms with E-state index < -0.39 is 23.4 Å². The smallest absolute Gasteiger partial charge is 0.330 e. The highest BCUT2D eigenvalue weighted by atomic mass is 16.7. The monoisotopic (exact) mass is 274 g/mol. The van der Waals surface area contributed by atoms with Crippen molar-refractivity contribution in [3.05, 3.63) is 0 Å². The lowest BCUT2D eigenvalue weighted by Gasteiger charge is -2.32. The molecule has 1 fully saturated rings. The fraction of sp³-hybridized carbons (Fsp3) is 0.833. The van der Waals surface area contributed by atoms with Gasteiger partial charge < -0.3 is 14.2 Å². The molecule has 1 N–H and O–H groups in total. The second-order valence-electron chi connectivity index (χ2n) is 5.27. The normalized spacial score (nSPS) is 20.9. The molecule has 1 rings (SSSR count). The zero-order valence-electron chi connectivity index (χ0n) is 11.9. The van der Waals surface area contributed by atoms with Crippen molar-refractivity contribution in [3.8, 4) is 0 Å². The van der Waals surface area contributed by atoms with E-state index in [1.165, 1.54) is 0 Å². The third-order valence-corrected chi connectivity index (χ3v) is 2.69. The molecule has 0 aromatic rings. The number of hydrogen-bond donors (Lipinski definition) is 1. The molecule has 110 valence electrons. The quantitative estimate of drug-likeness (QED) is 0.567. The van der Waals surface area contributed by atoms with Gasteiger partial charge in [0.1, 0.15) is 6.04 Å². The molecule has 0 spiro atoms. The largest absolute Gasteiger partial charge is 0.427 e. The Balaban J connectivity index is 2.36. The maximum Gasteiger partial charge on any atom is 0.330 e. The molecule has 0 radical (unpaired) electrons. The third-order valence-electron chi connectivity index (χ3n) is 2.69. The number of hydrazine groups is 1. The SMILES string of the molecule is CNN1CCOCC1C(=O)OCOC(=O)C(C)(C)C. The molecule has 1 aliphatic rings. The molecule has 0 aliphatic carbocycles. The van der Waals surface area contributed by atoms with Crippen molar-refractivity contribution in [1.82, 2.24) is 10.4 Å². The predicted octanol–water partition coefficient (Wildman–Crippen LogP) is -0.0884. The van der Waals surface area contributed by atoms with Crippen molar-refractivity contribution in [2.45, 2.75) is 26.8 Å². The van der Waals surface area contributed by atoms with Gasteiger partial charge in [0, 0.05) is 6.54 Å². The first-order chi connectivity index (χ1) is 8.86. The Morgan fingerprint density at radius 2 is 2.05 bits per heavy atom. The van der Waals surface area contributed by atoms with Crippen LogP contribution in [-0.4, -0.2) is 56.6 Å². The van der Waals surface area contributed by atoms with Gasteiger partial charge in [-0.05, 0) is 27.8 Å². The van der Waals surface area contributed by atoms with E-state index in [4.69, 9.17) is 14.2 Å². The van der Waals surface area contributed by atoms with Crippen molar-refractivity contribution >= 4 is 11.9 Å². The highest BCUT2D eigenvalue weighted by Gasteiger charge is 2.30. The molecule has 0 amide bonds. The maximum atomic E-state index is 11.8. The van der Waals surface area contributed by atoms with Crippen LogP contribution < -0.4 is 5.43 Å². The van der Waals surface area contributed by atoms with Crippen LogP contribution in [0.2, 0.25) is 0 Å². The van der Waals surface area contributed by atoms with E-state index in [1.807, 2.05) is 0 Å². The highest BCUT2D eigenvalue weighted by molar-refractivity contribution is 5.77. The molecular formula is C12H22N2O5. The second kappa shape index (κ2) is 6.83. The zero-order chi connectivity index (χ0) is 14.5. The molecule has 0 saturated carbocycles. The van der Waals surface area contributed by atoms with E-state index in [0.29, 0.717) is 13.2 Å². The second-order valence-corrected chi connectivity index (χ2v) is 5.27. The fourth-order valence-corrected chi connectivity index (χ4v) is 1.52. The van der Waals surface area contributed by atoms with E-state index in [0.717, 1.165) is 0 Å². The predicted molar refractivity (Wildman–Crippen MR) is 66.9 cm³/mol. The first-order valence-corrected chi connectivity index (χ1v) is 6.22. The van der Waals surface area contributed by atoms with Gasteiger partial charge in [-0.15, -0.1) is 0 Å². The average Bonchev–Trinajstić information content (AvgIpc) is 2.37. The summed E-state index contributed by atoms with van der Waals surface area (Å²) in [5.74, 6) is -0.888. The van der Waals surface area contributed by atoms with Crippen molar-refractivity contribution in [2.24, 2.45) is 5.41 Å². The lowest BCUT2D eigenvalue weighted by Crippen LogP contribution is -2.55. The van der Waals surface area contributed by atoms with Gasteiger partial charge in [-0.1, -0.05) is 0 Å². The van der Waals surface area contributed by atoms with Gasteiger partial charge in [0.25, 0.3) is 0 Å². The number of ether oxygens (including phenoxy) is 3. The Kier molecular flexibility index (Phi) is 5.71. The number of morpholine rings is 1. The third kappa shape index (κ3) is 4.77. The van der Waals surface area contributed by atoms with Gasteiger partial charge in [0.15, 0.2) is 0 Å². The van der Waals surface area contributed by atoms with Crippen molar-refractivity contribution in [3.63, 3.8) is 0 Å². The van der Waals surface area contributed by atoms with Gasteiger partial charge in [-0.2, -0.15) is 0 Å². The van der Waals surface area contributed by atoms with E-state index >= 15 is 0 Å². The molecule has 19 heavy (non-hydrogen) atoms. The molecule has 0 bridgehead atoms. The molecule has 1 atom stereocenters. The van der Waals surface area contributed by atoms with Crippen LogP contribution in [0.1, 0.15) is 20.8 Å². The molecule has 0 aromatic heterocycles. The molecule has 1 aliphatic heterocycles. The van der Waals surface area contributed by atoms with Gasteiger partial charge in [-0.25, -0.2) is 5.01 Å². The molecule has 1 unspecified atom stereocenters. The first-order valence-electron chi connectivity index (χ1n) is 6.22. The zero-order valence-corrected chi connectivity index (χ0v) is 11.9. The summed E-state index contributed by atoms with van der Waals surface area (Å²) in [6.45, 7) is 6.23. The molecular weight excluding hydrogens is 252 g/mol. The molecule has 1 saturated heterocycles. The van der Waals surface area contributed by atoms with Gasteiger partial charge in [0.2, 0.25) is 6.79 Å². The number of carbonyl (C=O) groups excluding carboxylic acids is 2. The van der Waals surface area contributed by atoms with Crippen LogP contribution in [0.4, 0.5) is 0 Å². The van der Waals surface area contributed by atoms with Crippen molar-refractivity contribution in [2.75, 3.05) is 33.6 Å². The first kappa shape index (κ1) is 15.9. The van der Waals surface area contributed by atoms with E-state index in [1.54, 1.807) is 32.8 Å². The molecule has 1 heterocycles. The maximum absolute atomic E-state index is 11.8. The van der Waals surface area contributed by atoms with Crippen molar-refractivity contribution in [1.29, 1.82) is 0 Å². The standard InChI is InChI=1S/C12H22N2O5/c1-12(2,3)11(16)19-8-18-10(15)9-7-17-6-5-14(9)13-4/h9,13H,5-8H2,1-4H3. The van der Waals surface area contributed by atoms with Crippen LogP contribution in [0, 0.1) is 5.41 Å². The summed E-state index contributed by atoms with van der Waals surface area (Å²) in [5.41, 5.74) is 2.29. The molecule has 7 heteroatoms. The topological polar surface area (TPSA) is 77.1 Å². The summed E-state index contributed by atoms with van der Waals surface area (Å²) in [4.78, 5) is 23.3. The number of esters is 2. The van der Waals surface area contributed by atoms with E-state index in [9.17, 15) is 9.59 Å². The Morgan fingerprint density at radius 3 is 2.63 bits per heavy atom. The van der Waals surface area contributed by atoms with Crippen LogP contribution in [0.25, 0.3) is 0 Å². The van der Waals surface area contributed by atoms with Crippen LogP contribution in [-0.2, 0) is 23.8 Å². The van der Waals surface area contributed by atoms with Crippen LogP contribution in [0.15, 0.2) is 0 Å². The van der Waals surface area contributed by atoms with Crippen LogP contribution >= 0.6 is 0 Å². The number of rotatable bonds is 4. The number of nitrogens with one attached hydrogen (secondary N) is 1. The Bertz CT molecular complexity index is 327. The lowest BCUT2D eigenvalue weighted by atomic mass is 9.98. The minimum absolute atomic E-state index is 0.257. The summed E-state index contributed by atoms with van der Waals surface area (Å²) in [5, 5.41) is 1.73. The molecule has 0 aromatic carbocycles. The average molecular weight is 274 g/mol. The summed E-state index contributed by atoms with van der Waals surface area (Å²) >= 11 is 0. The van der Waals surface area contributed by atoms with E-state index in [-0.39, 0.29) is 13.4 Å². The fourth-order valence-electron chi connectivity index (χ4n) is 1.52. The Labute approximate surface area is 113 Å². The Morgan fingerprint density at radius 1 is 1.37 bits per heavy atom. The molecule has 7 nitrogen and oxygen atoms in total. The van der Waals surface area contributed by atoms with Crippen LogP contribution in [0.3, 0.4) is 0 Å². The summed E-state index contributed by atoms with van der Waals surface area (Å²) in [7, 11) is 1.73. The number of nitrogens with zero attached hydrogens (tertiary/aromatic N) is 1. The van der Waals surface area contributed by atoms with Gasteiger partial charge in [-0.3, -0.25) is 15.0 Å². The summed E-state index contributed by atoms with van der Waals surface area (Å²) in [6.07, 6.45) is 0. The summed E-state index contributed by atoms with van der Waals surface area (Å²) in [6, 6.07) is -0.521. The Hall–Kier alpha value is -1.18. The number of hydrogen-bond acceptors (Lipinski definition) is 7. The van der Waals surface area contributed by atoms with Crippen LogP contribution in [0.5, 0.6) is 0 Å². The summed E-state index contributed by atoms with van der Waals surface area (Å²) < 4.78 is 15.0. The minimum atomic E-state index is -0.614.